The fourth-order valence-electron chi connectivity index (χ4n) is 1.49. The summed E-state index contributed by atoms with van der Waals surface area (Å²) in [7, 11) is 1.60. The molecule has 1 aromatic heterocycles. The largest absolute Gasteiger partial charge is 0.493 e. The Balaban J connectivity index is 2.32. The summed E-state index contributed by atoms with van der Waals surface area (Å²) < 4.78 is 11.9. The van der Waals surface area contributed by atoms with Crippen LogP contribution in [0, 0.1) is 0 Å². The fraction of sp³-hybridized carbons (Fsp3) is 0.154. The predicted octanol–water partition coefficient (Wildman–Crippen LogP) is 3.10. The van der Waals surface area contributed by atoms with Crippen LogP contribution in [0.2, 0.25) is 0 Å². The summed E-state index contributed by atoms with van der Waals surface area (Å²) in [6.45, 7) is 0.468. The molecule has 4 nitrogen and oxygen atoms in total. The van der Waals surface area contributed by atoms with Crippen molar-refractivity contribution in [3.05, 3.63) is 46.7 Å². The zero-order chi connectivity index (χ0) is 13.0. The van der Waals surface area contributed by atoms with Crippen molar-refractivity contribution < 1.29 is 9.47 Å². The third kappa shape index (κ3) is 2.80. The molecule has 5 heteroatoms. The van der Waals surface area contributed by atoms with Crippen LogP contribution in [0.5, 0.6) is 17.2 Å². The van der Waals surface area contributed by atoms with Gasteiger partial charge in [0, 0.05) is 25.0 Å². The van der Waals surface area contributed by atoms with Crippen LogP contribution in [0.1, 0.15) is 5.56 Å². The van der Waals surface area contributed by atoms with Crippen LogP contribution in [0.3, 0.4) is 0 Å². The van der Waals surface area contributed by atoms with Crippen molar-refractivity contribution in [1.29, 1.82) is 0 Å². The molecule has 0 aliphatic heterocycles. The van der Waals surface area contributed by atoms with Crippen LogP contribution in [-0.4, -0.2) is 12.1 Å². The number of halogens is 1. The number of methoxy groups -OCH3 is 1. The standard InChI is InChI=1S/C13H13BrN2O2/c1-17-13-6-9(7-15)2-3-12(13)18-11-4-5-16-8-10(11)14/h2-6,8H,7,15H2,1H3. The van der Waals surface area contributed by atoms with Gasteiger partial charge in [-0.15, -0.1) is 0 Å². The van der Waals surface area contributed by atoms with Gasteiger partial charge in [0.05, 0.1) is 11.6 Å². The molecule has 0 saturated carbocycles. The van der Waals surface area contributed by atoms with E-state index in [-0.39, 0.29) is 0 Å². The number of aromatic nitrogens is 1. The smallest absolute Gasteiger partial charge is 0.169 e. The minimum Gasteiger partial charge on any atom is -0.493 e. The lowest BCUT2D eigenvalue weighted by Gasteiger charge is -2.12. The first kappa shape index (κ1) is 12.9. The minimum atomic E-state index is 0.468. The van der Waals surface area contributed by atoms with Gasteiger partial charge >= 0.3 is 0 Å². The average molecular weight is 309 g/mol. The Morgan fingerprint density at radius 2 is 2.06 bits per heavy atom. The number of pyridine rings is 1. The molecule has 18 heavy (non-hydrogen) atoms. The van der Waals surface area contributed by atoms with Crippen LogP contribution in [-0.2, 0) is 6.54 Å². The van der Waals surface area contributed by atoms with E-state index >= 15 is 0 Å². The third-order valence-electron chi connectivity index (χ3n) is 2.42. The Kier molecular flexibility index (Phi) is 4.17. The molecule has 94 valence electrons. The molecule has 2 aromatic rings. The predicted molar refractivity (Wildman–Crippen MR) is 72.9 cm³/mol. The van der Waals surface area contributed by atoms with E-state index in [0.29, 0.717) is 23.8 Å². The topological polar surface area (TPSA) is 57.4 Å². The van der Waals surface area contributed by atoms with Gasteiger partial charge in [0.1, 0.15) is 5.75 Å². The molecular formula is C13H13BrN2O2. The number of nitrogens with zero attached hydrogens (tertiary/aromatic N) is 1. The van der Waals surface area contributed by atoms with E-state index in [1.54, 1.807) is 25.6 Å². The molecule has 0 aliphatic rings. The van der Waals surface area contributed by atoms with Crippen molar-refractivity contribution in [2.75, 3.05) is 7.11 Å². The maximum absolute atomic E-state index is 5.78. The third-order valence-corrected chi connectivity index (χ3v) is 3.01. The molecule has 1 heterocycles. The number of hydrogen-bond acceptors (Lipinski definition) is 4. The van der Waals surface area contributed by atoms with Crippen LogP contribution < -0.4 is 15.2 Å². The Morgan fingerprint density at radius 3 is 2.72 bits per heavy atom. The van der Waals surface area contributed by atoms with Crippen molar-refractivity contribution in [2.24, 2.45) is 5.73 Å². The number of rotatable bonds is 4. The molecule has 0 fully saturated rings. The maximum atomic E-state index is 5.78. The van der Waals surface area contributed by atoms with Crippen molar-refractivity contribution in [1.82, 2.24) is 4.98 Å². The lowest BCUT2D eigenvalue weighted by atomic mass is 10.2. The van der Waals surface area contributed by atoms with E-state index in [4.69, 9.17) is 15.2 Å². The SMILES string of the molecule is COc1cc(CN)ccc1Oc1ccncc1Br. The highest BCUT2D eigenvalue weighted by atomic mass is 79.9. The van der Waals surface area contributed by atoms with Crippen molar-refractivity contribution in [2.45, 2.75) is 6.54 Å². The van der Waals surface area contributed by atoms with Crippen LogP contribution in [0.4, 0.5) is 0 Å². The van der Waals surface area contributed by atoms with E-state index < -0.39 is 0 Å². The zero-order valence-corrected chi connectivity index (χ0v) is 11.5. The van der Waals surface area contributed by atoms with Gasteiger partial charge in [0.25, 0.3) is 0 Å². The highest BCUT2D eigenvalue weighted by Crippen LogP contribution is 2.35. The van der Waals surface area contributed by atoms with Crippen LogP contribution in [0.15, 0.2) is 41.1 Å². The van der Waals surface area contributed by atoms with Gasteiger partial charge in [-0.25, -0.2) is 0 Å². The van der Waals surface area contributed by atoms with Crippen molar-refractivity contribution >= 4 is 15.9 Å². The molecule has 0 saturated heterocycles. The summed E-state index contributed by atoms with van der Waals surface area (Å²) >= 11 is 3.38. The summed E-state index contributed by atoms with van der Waals surface area (Å²) in [5.74, 6) is 1.98. The van der Waals surface area contributed by atoms with E-state index in [0.717, 1.165) is 10.0 Å². The van der Waals surface area contributed by atoms with Crippen molar-refractivity contribution in [3.63, 3.8) is 0 Å². The van der Waals surface area contributed by atoms with Gasteiger partial charge in [-0.1, -0.05) is 6.07 Å². The van der Waals surface area contributed by atoms with Gasteiger partial charge in [-0.3, -0.25) is 4.98 Å². The van der Waals surface area contributed by atoms with E-state index in [1.807, 2.05) is 18.2 Å². The molecule has 0 unspecified atom stereocenters. The monoisotopic (exact) mass is 308 g/mol. The fourth-order valence-corrected chi connectivity index (χ4v) is 1.82. The molecule has 0 radical (unpaired) electrons. The van der Waals surface area contributed by atoms with E-state index in [2.05, 4.69) is 20.9 Å². The van der Waals surface area contributed by atoms with Gasteiger partial charge in [-0.2, -0.15) is 0 Å². The van der Waals surface area contributed by atoms with E-state index in [9.17, 15) is 0 Å². The quantitative estimate of drug-likeness (QED) is 0.943. The lowest BCUT2D eigenvalue weighted by molar-refractivity contribution is 0.377. The molecular weight excluding hydrogens is 296 g/mol. The molecule has 0 bridgehead atoms. The number of ether oxygens (including phenoxy) is 2. The molecule has 1 aromatic carbocycles. The normalized spacial score (nSPS) is 10.2. The Labute approximate surface area is 114 Å². The minimum absolute atomic E-state index is 0.468. The van der Waals surface area contributed by atoms with Gasteiger partial charge in [-0.05, 0) is 33.6 Å². The molecule has 0 aliphatic carbocycles. The summed E-state index contributed by atoms with van der Waals surface area (Å²) in [5, 5.41) is 0. The number of hydrogen-bond donors (Lipinski definition) is 1. The molecule has 2 rings (SSSR count). The van der Waals surface area contributed by atoms with Crippen molar-refractivity contribution in [3.8, 4) is 17.2 Å². The Morgan fingerprint density at radius 1 is 1.22 bits per heavy atom. The summed E-state index contributed by atoms with van der Waals surface area (Å²) in [5.41, 5.74) is 6.58. The highest BCUT2D eigenvalue weighted by molar-refractivity contribution is 9.10. The molecule has 0 spiro atoms. The second kappa shape index (κ2) is 5.84. The number of nitrogens with two attached hydrogens (primary N) is 1. The molecule has 0 atom stereocenters. The molecule has 0 amide bonds. The Bertz CT molecular complexity index is 546. The second-order valence-electron chi connectivity index (χ2n) is 3.60. The first-order valence-corrected chi connectivity index (χ1v) is 6.18. The van der Waals surface area contributed by atoms with Gasteiger partial charge < -0.3 is 15.2 Å². The van der Waals surface area contributed by atoms with Crippen LogP contribution >= 0.6 is 15.9 Å². The summed E-state index contributed by atoms with van der Waals surface area (Å²) in [4.78, 5) is 3.98. The first-order chi connectivity index (χ1) is 8.74. The van der Waals surface area contributed by atoms with Gasteiger partial charge in [0.2, 0.25) is 0 Å². The summed E-state index contributed by atoms with van der Waals surface area (Å²) in [6, 6.07) is 7.39. The second-order valence-corrected chi connectivity index (χ2v) is 4.45. The maximum Gasteiger partial charge on any atom is 0.169 e. The first-order valence-electron chi connectivity index (χ1n) is 5.39. The summed E-state index contributed by atoms with van der Waals surface area (Å²) in [6.07, 6.45) is 3.34. The van der Waals surface area contributed by atoms with Gasteiger partial charge in [0.15, 0.2) is 11.5 Å². The zero-order valence-electron chi connectivity index (χ0n) is 9.89. The molecule has 2 N–H and O–H groups in total. The number of benzene rings is 1. The highest BCUT2D eigenvalue weighted by Gasteiger charge is 2.08. The van der Waals surface area contributed by atoms with E-state index in [1.165, 1.54) is 0 Å². The Hall–Kier alpha value is -1.59. The lowest BCUT2D eigenvalue weighted by Crippen LogP contribution is -1.98. The average Bonchev–Trinajstić information content (AvgIpc) is 2.41. The van der Waals surface area contributed by atoms with Crippen LogP contribution in [0.25, 0.3) is 0 Å².